The second kappa shape index (κ2) is 12.7. The number of amides is 4. The zero-order valence-electron chi connectivity index (χ0n) is 21.5. The molecule has 1 heterocycles. The number of esters is 1. The van der Waals surface area contributed by atoms with Crippen molar-refractivity contribution in [1.29, 1.82) is 0 Å². The Kier molecular flexibility index (Phi) is 9.11. The van der Waals surface area contributed by atoms with Gasteiger partial charge in [0.25, 0.3) is 0 Å². The quantitative estimate of drug-likeness (QED) is 0.253. The maximum absolute atomic E-state index is 13.3. The molecule has 0 radical (unpaired) electrons. The molecule has 39 heavy (non-hydrogen) atoms. The maximum atomic E-state index is 13.3. The van der Waals surface area contributed by atoms with E-state index in [4.69, 9.17) is 27.9 Å². The van der Waals surface area contributed by atoms with Crippen molar-refractivity contribution in [2.75, 3.05) is 23.8 Å². The van der Waals surface area contributed by atoms with Crippen molar-refractivity contribution in [3.63, 3.8) is 0 Å². The minimum absolute atomic E-state index is 0.188. The van der Waals surface area contributed by atoms with Gasteiger partial charge in [-0.3, -0.25) is 4.90 Å². The molecule has 0 aliphatic carbocycles. The minimum atomic E-state index is -0.756. The predicted octanol–water partition coefficient (Wildman–Crippen LogP) is 7.09. The first-order valence-electron chi connectivity index (χ1n) is 12.5. The van der Waals surface area contributed by atoms with Gasteiger partial charge in [0, 0.05) is 12.2 Å². The van der Waals surface area contributed by atoms with Crippen molar-refractivity contribution in [2.24, 2.45) is 0 Å². The summed E-state index contributed by atoms with van der Waals surface area (Å²) in [5, 5.41) is 8.93. The lowest BCUT2D eigenvalue weighted by atomic mass is 9.91. The molecule has 8 nitrogen and oxygen atoms in total. The van der Waals surface area contributed by atoms with Gasteiger partial charge in [0.2, 0.25) is 0 Å². The van der Waals surface area contributed by atoms with Gasteiger partial charge in [0.15, 0.2) is 0 Å². The number of carbonyl (C=O) groups excluding carboxylic acids is 3. The summed E-state index contributed by atoms with van der Waals surface area (Å²) < 4.78 is 5.44. The lowest BCUT2D eigenvalue weighted by Gasteiger charge is -2.36. The van der Waals surface area contributed by atoms with E-state index in [0.29, 0.717) is 46.2 Å². The maximum Gasteiger partial charge on any atom is 0.338 e. The monoisotopic (exact) mass is 566 g/mol. The molecule has 4 amide bonds. The van der Waals surface area contributed by atoms with E-state index >= 15 is 0 Å². The molecule has 1 aliphatic heterocycles. The van der Waals surface area contributed by atoms with E-state index in [2.05, 4.69) is 16.0 Å². The average molecular weight is 567 g/mol. The van der Waals surface area contributed by atoms with E-state index < -0.39 is 18.0 Å². The van der Waals surface area contributed by atoms with Crippen LogP contribution in [0.5, 0.6) is 0 Å². The highest BCUT2D eigenvalue weighted by atomic mass is 35.5. The number of urea groups is 2. The van der Waals surface area contributed by atoms with Crippen LogP contribution in [0, 0.1) is 0 Å². The lowest BCUT2D eigenvalue weighted by Crippen LogP contribution is -2.48. The van der Waals surface area contributed by atoms with Gasteiger partial charge < -0.3 is 20.7 Å². The van der Waals surface area contributed by atoms with Crippen LogP contribution >= 0.6 is 23.2 Å². The van der Waals surface area contributed by atoms with Crippen molar-refractivity contribution in [3.05, 3.63) is 99.5 Å². The Morgan fingerprint density at radius 3 is 2.33 bits per heavy atom. The summed E-state index contributed by atoms with van der Waals surface area (Å²) >= 11 is 12.2. The van der Waals surface area contributed by atoms with Gasteiger partial charge in [-0.1, -0.05) is 78.7 Å². The molecule has 3 aromatic carbocycles. The first kappa shape index (κ1) is 28.0. The number of halogens is 2. The van der Waals surface area contributed by atoms with Crippen molar-refractivity contribution < 1.29 is 19.1 Å². The van der Waals surface area contributed by atoms with Gasteiger partial charge in [-0.25, -0.2) is 14.4 Å². The number of rotatable bonds is 8. The Bertz CT molecular complexity index is 1390. The molecule has 0 saturated carbocycles. The number of nitrogens with one attached hydrogen (secondary N) is 3. The molecule has 0 spiro atoms. The summed E-state index contributed by atoms with van der Waals surface area (Å²) in [6, 6.07) is 19.5. The number of nitrogens with zero attached hydrogens (tertiary/aromatic N) is 1. The van der Waals surface area contributed by atoms with E-state index in [0.717, 1.165) is 5.56 Å². The second-order valence-electron chi connectivity index (χ2n) is 8.69. The molecular weight excluding hydrogens is 539 g/mol. The Balaban J connectivity index is 1.66. The molecule has 0 aromatic heterocycles. The summed E-state index contributed by atoms with van der Waals surface area (Å²) in [4.78, 5) is 40.7. The Morgan fingerprint density at radius 1 is 0.949 bits per heavy atom. The smallest absolute Gasteiger partial charge is 0.338 e. The van der Waals surface area contributed by atoms with Crippen LogP contribution in [0.2, 0.25) is 10.0 Å². The fourth-order valence-corrected chi connectivity index (χ4v) is 4.67. The fourth-order valence-electron chi connectivity index (χ4n) is 4.32. The molecular formula is C29H28Cl2N4O4. The number of hydrogen-bond donors (Lipinski definition) is 3. The SMILES string of the molecule is CCCN1C(=O)NC(c2ccc(NC(=O)Nc3cccc(Cl)c3Cl)cc2)C(C(=O)OCC)=C1c1ccccc1. The summed E-state index contributed by atoms with van der Waals surface area (Å²) in [5.41, 5.74) is 3.12. The van der Waals surface area contributed by atoms with Crippen LogP contribution < -0.4 is 16.0 Å². The molecule has 0 bridgehead atoms. The Morgan fingerprint density at radius 2 is 1.67 bits per heavy atom. The van der Waals surface area contributed by atoms with Gasteiger partial charge in [-0.15, -0.1) is 0 Å². The van der Waals surface area contributed by atoms with Crippen LogP contribution in [0.1, 0.15) is 37.4 Å². The third-order valence-corrected chi connectivity index (χ3v) is 6.84. The van der Waals surface area contributed by atoms with E-state index in [-0.39, 0.29) is 17.7 Å². The van der Waals surface area contributed by atoms with Gasteiger partial charge in [0.1, 0.15) is 0 Å². The molecule has 10 heteroatoms. The predicted molar refractivity (Wildman–Crippen MR) is 154 cm³/mol. The first-order valence-corrected chi connectivity index (χ1v) is 13.3. The highest BCUT2D eigenvalue weighted by Gasteiger charge is 2.38. The second-order valence-corrected chi connectivity index (χ2v) is 9.47. The topological polar surface area (TPSA) is 99.8 Å². The van der Waals surface area contributed by atoms with E-state index in [1.54, 1.807) is 54.3 Å². The largest absolute Gasteiger partial charge is 0.463 e. The zero-order valence-corrected chi connectivity index (χ0v) is 23.0. The van der Waals surface area contributed by atoms with Crippen LogP contribution in [-0.4, -0.2) is 36.1 Å². The normalized spacial score (nSPS) is 15.0. The number of carbonyl (C=O) groups is 3. The summed E-state index contributed by atoms with van der Waals surface area (Å²) in [6.07, 6.45) is 0.702. The molecule has 0 saturated heterocycles. The van der Waals surface area contributed by atoms with Crippen molar-refractivity contribution in [3.8, 4) is 0 Å². The van der Waals surface area contributed by atoms with Crippen molar-refractivity contribution in [1.82, 2.24) is 10.2 Å². The molecule has 3 N–H and O–H groups in total. The van der Waals surface area contributed by atoms with Crippen LogP contribution in [-0.2, 0) is 9.53 Å². The lowest BCUT2D eigenvalue weighted by molar-refractivity contribution is -0.138. The zero-order chi connectivity index (χ0) is 27.9. The van der Waals surface area contributed by atoms with Crippen LogP contribution in [0.4, 0.5) is 21.0 Å². The molecule has 1 atom stereocenters. The van der Waals surface area contributed by atoms with Gasteiger partial charge in [0.05, 0.1) is 39.7 Å². The number of benzene rings is 3. The van der Waals surface area contributed by atoms with Gasteiger partial charge in [-0.05, 0) is 48.7 Å². The molecule has 3 aromatic rings. The Hall–Kier alpha value is -4.01. The average Bonchev–Trinajstić information content (AvgIpc) is 2.93. The number of ether oxygens (including phenoxy) is 1. The van der Waals surface area contributed by atoms with Crippen molar-refractivity contribution >= 4 is 58.3 Å². The molecule has 1 aliphatic rings. The van der Waals surface area contributed by atoms with E-state index in [1.165, 1.54) is 0 Å². The summed E-state index contributed by atoms with van der Waals surface area (Å²) in [7, 11) is 0. The first-order chi connectivity index (χ1) is 18.8. The Labute approximate surface area is 236 Å². The third-order valence-electron chi connectivity index (χ3n) is 6.02. The highest BCUT2D eigenvalue weighted by molar-refractivity contribution is 6.44. The fraction of sp³-hybridized carbons (Fsp3) is 0.207. The molecule has 202 valence electrons. The summed E-state index contributed by atoms with van der Waals surface area (Å²) in [5.74, 6) is -0.512. The van der Waals surface area contributed by atoms with Crippen molar-refractivity contribution in [2.45, 2.75) is 26.3 Å². The molecule has 0 fully saturated rings. The number of hydrogen-bond acceptors (Lipinski definition) is 4. The van der Waals surface area contributed by atoms with Gasteiger partial charge in [-0.2, -0.15) is 0 Å². The van der Waals surface area contributed by atoms with Gasteiger partial charge >= 0.3 is 18.0 Å². The summed E-state index contributed by atoms with van der Waals surface area (Å²) in [6.45, 7) is 4.32. The van der Waals surface area contributed by atoms with Crippen LogP contribution in [0.15, 0.2) is 78.4 Å². The molecule has 1 unspecified atom stereocenters. The van der Waals surface area contributed by atoms with Crippen LogP contribution in [0.3, 0.4) is 0 Å². The molecule has 4 rings (SSSR count). The number of anilines is 2. The minimum Gasteiger partial charge on any atom is -0.463 e. The standard InChI is InChI=1S/C29H28Cl2N4O4/c1-3-17-35-26(19-9-6-5-7-10-19)23(27(36)39-4-2)25(34-29(35)38)18-13-15-20(16-14-18)32-28(37)33-22-12-8-11-21(30)24(22)31/h5-16,25H,3-4,17H2,1-2H3,(H,34,38)(H2,32,33,37). The van der Waals surface area contributed by atoms with E-state index in [1.807, 2.05) is 37.3 Å². The van der Waals surface area contributed by atoms with E-state index in [9.17, 15) is 14.4 Å². The third kappa shape index (κ3) is 6.35. The highest BCUT2D eigenvalue weighted by Crippen LogP contribution is 2.37. The van der Waals surface area contributed by atoms with Crippen LogP contribution in [0.25, 0.3) is 5.70 Å².